The maximum Gasteiger partial charge on any atom is 0.249 e. The third-order valence-corrected chi connectivity index (χ3v) is 1.52. The molecule has 1 amide bonds. The summed E-state index contributed by atoms with van der Waals surface area (Å²) in [6, 6.07) is 0. The van der Waals surface area contributed by atoms with E-state index in [1.54, 1.807) is 14.0 Å². The Morgan fingerprint density at radius 1 is 1.67 bits per heavy atom. The Bertz CT molecular complexity index is 222. The van der Waals surface area contributed by atoms with Crippen LogP contribution in [0.5, 0.6) is 0 Å². The highest BCUT2D eigenvalue weighted by atomic mass is 16.2. The van der Waals surface area contributed by atoms with E-state index >= 15 is 0 Å². The van der Waals surface area contributed by atoms with Crippen LogP contribution >= 0.6 is 0 Å². The number of amides is 1. The molecule has 0 aliphatic carbocycles. The van der Waals surface area contributed by atoms with Gasteiger partial charge in [-0.15, -0.1) is 6.42 Å². The molecule has 66 valence electrons. The standard InChI is InChI=1S/C10H15NO/c1-5-7-9(3)10(12)11(4)8-6-2/h2,7H,5,8H2,1,3-4H3/b9-7-. The summed E-state index contributed by atoms with van der Waals surface area (Å²) in [5, 5.41) is 0. The molecule has 0 N–H and O–H groups in total. The van der Waals surface area contributed by atoms with E-state index in [0.717, 1.165) is 12.0 Å². The number of rotatable bonds is 3. The molecular formula is C10H15NO. The van der Waals surface area contributed by atoms with Crippen molar-refractivity contribution in [3.05, 3.63) is 11.6 Å². The minimum absolute atomic E-state index is 0.00907. The maximum atomic E-state index is 11.4. The predicted molar refractivity (Wildman–Crippen MR) is 50.5 cm³/mol. The summed E-state index contributed by atoms with van der Waals surface area (Å²) in [6.45, 7) is 4.17. The van der Waals surface area contributed by atoms with Crippen LogP contribution in [0.15, 0.2) is 11.6 Å². The van der Waals surface area contributed by atoms with Crippen LogP contribution in [0.2, 0.25) is 0 Å². The van der Waals surface area contributed by atoms with Gasteiger partial charge in [0.25, 0.3) is 0 Å². The van der Waals surface area contributed by atoms with E-state index in [1.165, 1.54) is 4.90 Å². The minimum Gasteiger partial charge on any atom is -0.331 e. The molecule has 0 unspecified atom stereocenters. The summed E-state index contributed by atoms with van der Waals surface area (Å²) in [5.74, 6) is 2.43. The maximum absolute atomic E-state index is 11.4. The number of carbonyl (C=O) groups is 1. The molecule has 0 atom stereocenters. The first-order valence-corrected chi connectivity index (χ1v) is 3.99. The Hall–Kier alpha value is -1.23. The molecule has 0 aromatic heterocycles. The second-order valence-corrected chi connectivity index (χ2v) is 2.66. The van der Waals surface area contributed by atoms with E-state index in [2.05, 4.69) is 5.92 Å². The van der Waals surface area contributed by atoms with Crippen LogP contribution in [-0.4, -0.2) is 24.4 Å². The monoisotopic (exact) mass is 165 g/mol. The van der Waals surface area contributed by atoms with Gasteiger partial charge < -0.3 is 4.90 Å². The highest BCUT2D eigenvalue weighted by Gasteiger charge is 2.07. The number of likely N-dealkylation sites (N-methyl/N-ethyl adjacent to an activating group) is 1. The third kappa shape index (κ3) is 3.25. The molecule has 0 aliphatic heterocycles. The number of carbonyl (C=O) groups excluding carboxylic acids is 1. The van der Waals surface area contributed by atoms with Gasteiger partial charge in [-0.05, 0) is 13.3 Å². The van der Waals surface area contributed by atoms with E-state index in [9.17, 15) is 4.79 Å². The van der Waals surface area contributed by atoms with Crippen molar-refractivity contribution >= 4 is 5.91 Å². The number of allylic oxidation sites excluding steroid dienone is 1. The smallest absolute Gasteiger partial charge is 0.249 e. The van der Waals surface area contributed by atoms with Gasteiger partial charge >= 0.3 is 0 Å². The molecule has 0 aliphatic rings. The van der Waals surface area contributed by atoms with Crippen LogP contribution < -0.4 is 0 Å². The second-order valence-electron chi connectivity index (χ2n) is 2.66. The highest BCUT2D eigenvalue weighted by Crippen LogP contribution is 1.99. The topological polar surface area (TPSA) is 20.3 Å². The van der Waals surface area contributed by atoms with E-state index in [4.69, 9.17) is 6.42 Å². The average molecular weight is 165 g/mol. The van der Waals surface area contributed by atoms with Gasteiger partial charge in [0.05, 0.1) is 6.54 Å². The van der Waals surface area contributed by atoms with Crippen molar-refractivity contribution in [3.63, 3.8) is 0 Å². The molecule has 0 bridgehead atoms. The van der Waals surface area contributed by atoms with Crippen LogP contribution in [0, 0.1) is 12.3 Å². The Morgan fingerprint density at radius 3 is 2.67 bits per heavy atom. The Labute approximate surface area is 74.3 Å². The lowest BCUT2D eigenvalue weighted by molar-refractivity contribution is -0.125. The van der Waals surface area contributed by atoms with Crippen molar-refractivity contribution in [2.24, 2.45) is 0 Å². The van der Waals surface area contributed by atoms with Crippen molar-refractivity contribution in [2.45, 2.75) is 20.3 Å². The van der Waals surface area contributed by atoms with Crippen molar-refractivity contribution in [2.75, 3.05) is 13.6 Å². The minimum atomic E-state index is 0.00907. The number of hydrogen-bond acceptors (Lipinski definition) is 1. The zero-order valence-electron chi connectivity index (χ0n) is 7.92. The van der Waals surface area contributed by atoms with E-state index in [0.29, 0.717) is 6.54 Å². The van der Waals surface area contributed by atoms with Crippen LogP contribution in [0.1, 0.15) is 20.3 Å². The quantitative estimate of drug-likeness (QED) is 0.457. The van der Waals surface area contributed by atoms with Gasteiger partial charge in [0, 0.05) is 12.6 Å². The molecule has 0 spiro atoms. The SMILES string of the molecule is C#CCN(C)C(=O)/C(C)=C\CC. The molecule has 0 fully saturated rings. The summed E-state index contributed by atoms with van der Waals surface area (Å²) < 4.78 is 0. The third-order valence-electron chi connectivity index (χ3n) is 1.52. The lowest BCUT2D eigenvalue weighted by Crippen LogP contribution is -2.27. The van der Waals surface area contributed by atoms with Crippen LogP contribution in [0.4, 0.5) is 0 Å². The normalized spacial score (nSPS) is 10.7. The van der Waals surface area contributed by atoms with E-state index < -0.39 is 0 Å². The summed E-state index contributed by atoms with van der Waals surface area (Å²) in [5.41, 5.74) is 0.759. The van der Waals surface area contributed by atoms with E-state index in [1.807, 2.05) is 13.0 Å². The van der Waals surface area contributed by atoms with Crippen LogP contribution in [-0.2, 0) is 4.79 Å². The van der Waals surface area contributed by atoms with E-state index in [-0.39, 0.29) is 5.91 Å². The first kappa shape index (κ1) is 10.8. The van der Waals surface area contributed by atoms with Gasteiger partial charge in [0.15, 0.2) is 0 Å². The van der Waals surface area contributed by atoms with Gasteiger partial charge in [0.1, 0.15) is 0 Å². The fourth-order valence-corrected chi connectivity index (χ4v) is 0.903. The predicted octanol–water partition coefficient (Wildman–Crippen LogP) is 1.43. The lowest BCUT2D eigenvalue weighted by Gasteiger charge is -2.13. The van der Waals surface area contributed by atoms with Crippen molar-refractivity contribution in [3.8, 4) is 12.3 Å². The Kier molecular flexibility index (Phi) is 4.87. The molecule has 0 saturated heterocycles. The number of nitrogens with zero attached hydrogens (tertiary/aromatic N) is 1. The molecule has 12 heavy (non-hydrogen) atoms. The molecule has 0 aromatic carbocycles. The van der Waals surface area contributed by atoms with Crippen LogP contribution in [0.3, 0.4) is 0 Å². The van der Waals surface area contributed by atoms with Gasteiger partial charge in [0.2, 0.25) is 5.91 Å². The lowest BCUT2D eigenvalue weighted by atomic mass is 10.2. The molecule has 2 heteroatoms. The summed E-state index contributed by atoms with van der Waals surface area (Å²) >= 11 is 0. The van der Waals surface area contributed by atoms with Crippen molar-refractivity contribution in [1.82, 2.24) is 4.90 Å². The molecule has 0 saturated carbocycles. The summed E-state index contributed by atoms with van der Waals surface area (Å²) in [7, 11) is 1.70. The molecule has 0 radical (unpaired) electrons. The van der Waals surface area contributed by atoms with Crippen molar-refractivity contribution < 1.29 is 4.79 Å². The largest absolute Gasteiger partial charge is 0.331 e. The molecule has 0 aromatic rings. The first-order valence-electron chi connectivity index (χ1n) is 3.99. The second kappa shape index (κ2) is 5.42. The molecule has 0 heterocycles. The van der Waals surface area contributed by atoms with Gasteiger partial charge in [-0.3, -0.25) is 4.79 Å². The highest BCUT2D eigenvalue weighted by molar-refractivity contribution is 5.92. The average Bonchev–Trinajstić information content (AvgIpc) is 2.04. The first-order chi connectivity index (χ1) is 5.63. The summed E-state index contributed by atoms with van der Waals surface area (Å²) in [6.07, 6.45) is 7.85. The number of hydrogen-bond donors (Lipinski definition) is 0. The number of terminal acetylenes is 1. The van der Waals surface area contributed by atoms with Gasteiger partial charge in [-0.2, -0.15) is 0 Å². The van der Waals surface area contributed by atoms with Crippen molar-refractivity contribution in [1.29, 1.82) is 0 Å². The molecular weight excluding hydrogens is 150 g/mol. The fraction of sp³-hybridized carbons (Fsp3) is 0.500. The molecule has 2 nitrogen and oxygen atoms in total. The summed E-state index contributed by atoms with van der Waals surface area (Å²) in [4.78, 5) is 12.9. The zero-order chi connectivity index (χ0) is 9.56. The van der Waals surface area contributed by atoms with Crippen LogP contribution in [0.25, 0.3) is 0 Å². The van der Waals surface area contributed by atoms with Gasteiger partial charge in [-0.25, -0.2) is 0 Å². The Morgan fingerprint density at radius 2 is 2.25 bits per heavy atom. The molecule has 0 rings (SSSR count). The fourth-order valence-electron chi connectivity index (χ4n) is 0.903. The van der Waals surface area contributed by atoms with Gasteiger partial charge in [-0.1, -0.05) is 18.9 Å². The Balaban J connectivity index is 4.21. The zero-order valence-corrected chi connectivity index (χ0v) is 7.92.